The van der Waals surface area contributed by atoms with E-state index in [1.165, 1.54) is 83.5 Å². The highest BCUT2D eigenvalue weighted by atomic mass is 15.0. The van der Waals surface area contributed by atoms with Crippen molar-refractivity contribution in [2.45, 2.75) is 24.2 Å². The Morgan fingerprint density at radius 3 is 1.52 bits per heavy atom. The highest BCUT2D eigenvalue weighted by Crippen LogP contribution is 2.64. The molecule has 0 N–H and O–H groups in total. The summed E-state index contributed by atoms with van der Waals surface area (Å²) in [5, 5.41) is 0. The lowest BCUT2D eigenvalue weighted by Crippen LogP contribution is -2.27. The quantitative estimate of drug-likeness (QED) is 0.178. The molecule has 1 spiro atoms. The van der Waals surface area contributed by atoms with E-state index >= 15 is 0 Å². The molecular weight excluding hydrogens is 777 g/mol. The molecule has 0 saturated carbocycles. The van der Waals surface area contributed by atoms with Gasteiger partial charge in [0.15, 0.2) is 17.5 Å². The van der Waals surface area contributed by atoms with Gasteiger partial charge in [0.2, 0.25) is 0 Å². The van der Waals surface area contributed by atoms with E-state index in [4.69, 9.17) is 15.0 Å². The van der Waals surface area contributed by atoms with E-state index in [-0.39, 0.29) is 11.8 Å². The molecular formula is C60H38N4. The van der Waals surface area contributed by atoms with Gasteiger partial charge in [-0.15, -0.1) is 0 Å². The number of hydrogen-bond donors (Lipinski definition) is 0. The number of fused-ring (bicyclic) bond motifs is 10. The van der Waals surface area contributed by atoms with Crippen molar-refractivity contribution >= 4 is 0 Å². The van der Waals surface area contributed by atoms with Crippen LogP contribution in [0.2, 0.25) is 0 Å². The fourth-order valence-corrected chi connectivity index (χ4v) is 11.9. The minimum atomic E-state index is -0.463. The summed E-state index contributed by atoms with van der Waals surface area (Å²) in [5.74, 6) is 2.20. The van der Waals surface area contributed by atoms with Crippen LogP contribution in [0.25, 0.3) is 67.5 Å². The van der Waals surface area contributed by atoms with Crippen molar-refractivity contribution in [3.05, 3.63) is 262 Å². The van der Waals surface area contributed by atoms with Crippen LogP contribution in [0.4, 0.5) is 0 Å². The number of nitrogens with zero attached hydrogens (tertiary/aromatic N) is 4. The third kappa shape index (κ3) is 4.77. The van der Waals surface area contributed by atoms with Crippen molar-refractivity contribution in [1.29, 1.82) is 0 Å². The van der Waals surface area contributed by atoms with Gasteiger partial charge in [0.05, 0.1) is 5.41 Å². The lowest BCUT2D eigenvalue weighted by Gasteiger charge is -2.42. The van der Waals surface area contributed by atoms with Gasteiger partial charge >= 0.3 is 0 Å². The molecule has 298 valence electrons. The van der Waals surface area contributed by atoms with E-state index in [9.17, 15) is 0 Å². The van der Waals surface area contributed by atoms with Crippen LogP contribution in [0.3, 0.4) is 0 Å². The first-order valence-electron chi connectivity index (χ1n) is 22.2. The molecule has 4 nitrogen and oxygen atoms in total. The average Bonchev–Trinajstić information content (AvgIpc) is 3.84. The molecule has 0 saturated heterocycles. The molecule has 0 fully saturated rings. The maximum absolute atomic E-state index is 5.48. The first kappa shape index (κ1) is 35.5. The van der Waals surface area contributed by atoms with Gasteiger partial charge in [-0.2, -0.15) is 0 Å². The molecule has 2 bridgehead atoms. The lowest BCUT2D eigenvalue weighted by atomic mass is 9.60. The summed E-state index contributed by atoms with van der Waals surface area (Å²) in [6.07, 6.45) is 3.89. The molecule has 5 aliphatic rings. The van der Waals surface area contributed by atoms with Gasteiger partial charge in [-0.05, 0) is 114 Å². The van der Waals surface area contributed by atoms with Crippen molar-refractivity contribution in [1.82, 2.24) is 19.9 Å². The predicted molar refractivity (Wildman–Crippen MR) is 255 cm³/mol. The summed E-state index contributed by atoms with van der Waals surface area (Å²) in [5.41, 5.74) is 24.3. The molecule has 0 amide bonds. The van der Waals surface area contributed by atoms with Gasteiger partial charge in [0.25, 0.3) is 0 Å². The predicted octanol–water partition coefficient (Wildman–Crippen LogP) is 13.6. The van der Waals surface area contributed by atoms with E-state index in [0.29, 0.717) is 17.5 Å². The highest BCUT2D eigenvalue weighted by molar-refractivity contribution is 5.99. The maximum atomic E-state index is 5.48. The summed E-state index contributed by atoms with van der Waals surface area (Å²) in [6.45, 7) is 2.11. The standard InChI is InChI=1S/C60H38N4/c1-35-30-39(34-61-33-35)37-26-28-44-48(31-37)54-42-18-5-6-19-43(42)55(44)49-32-38(27-29-45(49)54)58-62-57(36-14-3-2-4-15-36)63-59(64-58)47-21-13-25-53-56(47)46-20-9-12-24-52(46)60(53)50-22-10-7-16-40(50)41-17-8-11-23-51(41)60/h2-34,54-55H,1H3. The lowest BCUT2D eigenvalue weighted by molar-refractivity contribution is 0.755. The second-order valence-electron chi connectivity index (χ2n) is 17.7. The summed E-state index contributed by atoms with van der Waals surface area (Å²) in [4.78, 5) is 20.6. The number of benzene rings is 8. The molecule has 0 aliphatic heterocycles. The molecule has 5 aliphatic carbocycles. The molecule has 0 radical (unpaired) electrons. The minimum Gasteiger partial charge on any atom is -0.264 e. The maximum Gasteiger partial charge on any atom is 0.164 e. The normalized spacial score (nSPS) is 16.0. The molecule has 2 unspecified atom stereocenters. The third-order valence-electron chi connectivity index (χ3n) is 14.4. The van der Waals surface area contributed by atoms with Gasteiger partial charge in [-0.3, -0.25) is 4.98 Å². The van der Waals surface area contributed by atoms with E-state index < -0.39 is 5.41 Å². The van der Waals surface area contributed by atoms with Crippen molar-refractivity contribution < 1.29 is 0 Å². The Balaban J connectivity index is 0.964. The minimum absolute atomic E-state index is 0.0907. The Labute approximate surface area is 371 Å². The van der Waals surface area contributed by atoms with Crippen LogP contribution in [0.1, 0.15) is 73.0 Å². The first-order chi connectivity index (χ1) is 31.6. The topological polar surface area (TPSA) is 51.6 Å². The zero-order chi connectivity index (χ0) is 42.1. The molecule has 2 atom stereocenters. The van der Waals surface area contributed by atoms with Gasteiger partial charge in [-0.1, -0.05) is 170 Å². The molecule has 8 aromatic carbocycles. The monoisotopic (exact) mass is 814 g/mol. The molecule has 2 aromatic heterocycles. The number of aromatic nitrogens is 4. The SMILES string of the molecule is Cc1cncc(-c2ccc3c(c2)C2c4ccccc4C3c3cc(-c4nc(-c5ccccc5)nc(-c5cccc6c5-c5ccccc5C65c6ccccc6-c6ccccc65)n4)ccc32)c1. The third-order valence-corrected chi connectivity index (χ3v) is 14.4. The van der Waals surface area contributed by atoms with E-state index in [2.05, 4.69) is 194 Å². The van der Waals surface area contributed by atoms with Crippen LogP contribution in [-0.4, -0.2) is 19.9 Å². The number of hydrogen-bond acceptors (Lipinski definition) is 4. The Morgan fingerprint density at radius 2 is 0.844 bits per heavy atom. The van der Waals surface area contributed by atoms with Crippen LogP contribution < -0.4 is 0 Å². The number of pyridine rings is 1. The van der Waals surface area contributed by atoms with Crippen molar-refractivity contribution in [3.8, 4) is 67.5 Å². The van der Waals surface area contributed by atoms with Crippen LogP contribution in [0, 0.1) is 6.92 Å². The summed E-state index contributed by atoms with van der Waals surface area (Å²) < 4.78 is 0. The summed E-state index contributed by atoms with van der Waals surface area (Å²) >= 11 is 0. The molecule has 4 heteroatoms. The average molecular weight is 815 g/mol. The zero-order valence-electron chi connectivity index (χ0n) is 35.0. The number of aryl methyl sites for hydroxylation is 1. The van der Waals surface area contributed by atoms with E-state index in [0.717, 1.165) is 27.8 Å². The smallest absolute Gasteiger partial charge is 0.164 e. The van der Waals surface area contributed by atoms with Gasteiger partial charge in [-0.25, -0.2) is 15.0 Å². The molecule has 64 heavy (non-hydrogen) atoms. The van der Waals surface area contributed by atoms with Crippen molar-refractivity contribution in [3.63, 3.8) is 0 Å². The van der Waals surface area contributed by atoms with Crippen molar-refractivity contribution in [2.75, 3.05) is 0 Å². The summed E-state index contributed by atoms with van der Waals surface area (Å²) in [6, 6.07) is 69.1. The second kappa shape index (κ2) is 13.2. The Kier molecular flexibility index (Phi) is 7.33. The Bertz CT molecular complexity index is 3560. The fraction of sp³-hybridized carbons (Fsp3) is 0.0667. The second-order valence-corrected chi connectivity index (χ2v) is 17.7. The largest absolute Gasteiger partial charge is 0.264 e. The Morgan fingerprint density at radius 1 is 0.344 bits per heavy atom. The Hall–Kier alpha value is -8.08. The first-order valence-corrected chi connectivity index (χ1v) is 22.2. The zero-order valence-corrected chi connectivity index (χ0v) is 35.0. The molecule has 15 rings (SSSR count). The fourth-order valence-electron chi connectivity index (χ4n) is 11.9. The van der Waals surface area contributed by atoms with Crippen molar-refractivity contribution in [2.24, 2.45) is 0 Å². The van der Waals surface area contributed by atoms with E-state index in [1.54, 1.807) is 0 Å². The van der Waals surface area contributed by atoms with Gasteiger partial charge < -0.3 is 0 Å². The van der Waals surface area contributed by atoms with Gasteiger partial charge in [0, 0.05) is 46.5 Å². The van der Waals surface area contributed by atoms with Gasteiger partial charge in [0.1, 0.15) is 0 Å². The van der Waals surface area contributed by atoms with Crippen LogP contribution >= 0.6 is 0 Å². The van der Waals surface area contributed by atoms with Crippen LogP contribution in [-0.2, 0) is 5.41 Å². The number of rotatable bonds is 4. The summed E-state index contributed by atoms with van der Waals surface area (Å²) in [7, 11) is 0. The molecule has 2 heterocycles. The van der Waals surface area contributed by atoms with E-state index in [1.807, 2.05) is 18.5 Å². The van der Waals surface area contributed by atoms with Crippen LogP contribution in [0.5, 0.6) is 0 Å². The molecule has 10 aromatic rings. The highest BCUT2D eigenvalue weighted by Gasteiger charge is 2.52. The van der Waals surface area contributed by atoms with Crippen LogP contribution in [0.15, 0.2) is 200 Å².